The molecule has 0 unspecified atom stereocenters. The molecular weight excluding hydrogens is 304 g/mol. The van der Waals surface area contributed by atoms with Crippen LogP contribution in [0.4, 0.5) is 5.69 Å². The van der Waals surface area contributed by atoms with Crippen LogP contribution in [0.5, 0.6) is 0 Å². The normalized spacial score (nSPS) is 13.2. The lowest BCUT2D eigenvalue weighted by molar-refractivity contribution is -0.116. The fraction of sp³-hybridized carbons (Fsp3) is 0.211. The number of hydrogen-bond donors (Lipinski definition) is 1. The molecule has 1 aliphatic heterocycles. The van der Waals surface area contributed by atoms with E-state index in [-0.39, 0.29) is 30.7 Å². The molecule has 0 aliphatic carbocycles. The predicted molar refractivity (Wildman–Crippen MR) is 91.0 cm³/mol. The topological polar surface area (TPSA) is 66.5 Å². The van der Waals surface area contributed by atoms with E-state index >= 15 is 0 Å². The smallest absolute Gasteiger partial charge is 0.261 e. The summed E-state index contributed by atoms with van der Waals surface area (Å²) in [6.07, 6.45) is 0.0678. The lowest BCUT2D eigenvalue weighted by Crippen LogP contribution is -2.32. The van der Waals surface area contributed by atoms with Crippen LogP contribution in [0.1, 0.15) is 38.3 Å². The molecule has 0 aromatic heterocycles. The molecule has 3 rings (SSSR count). The van der Waals surface area contributed by atoms with Crippen LogP contribution in [0.25, 0.3) is 0 Å². The van der Waals surface area contributed by atoms with Crippen LogP contribution < -0.4 is 5.32 Å². The van der Waals surface area contributed by atoms with Crippen LogP contribution in [-0.2, 0) is 4.79 Å². The van der Waals surface area contributed by atoms with Gasteiger partial charge in [-0.25, -0.2) is 0 Å². The van der Waals surface area contributed by atoms with Gasteiger partial charge in [0.25, 0.3) is 11.8 Å². The number of carbonyl (C=O) groups is 3. The molecule has 3 amide bonds. The van der Waals surface area contributed by atoms with E-state index in [0.29, 0.717) is 16.8 Å². The van der Waals surface area contributed by atoms with Crippen molar-refractivity contribution in [3.05, 3.63) is 64.7 Å². The SMILES string of the molecule is Cc1cccc(NC(=O)CCN2C(=O)c3ccc(C)cc3C2=O)c1. The third-order valence-corrected chi connectivity index (χ3v) is 3.99. The van der Waals surface area contributed by atoms with Crippen molar-refractivity contribution in [1.82, 2.24) is 4.90 Å². The number of anilines is 1. The summed E-state index contributed by atoms with van der Waals surface area (Å²) in [6.45, 7) is 3.88. The van der Waals surface area contributed by atoms with E-state index in [2.05, 4.69) is 5.32 Å². The number of nitrogens with zero attached hydrogens (tertiary/aromatic N) is 1. The van der Waals surface area contributed by atoms with Crippen LogP contribution in [0, 0.1) is 13.8 Å². The summed E-state index contributed by atoms with van der Waals surface area (Å²) in [7, 11) is 0. The molecule has 1 N–H and O–H groups in total. The molecule has 5 nitrogen and oxygen atoms in total. The van der Waals surface area contributed by atoms with Gasteiger partial charge in [0.05, 0.1) is 11.1 Å². The standard InChI is InChI=1S/C19H18N2O3/c1-12-4-3-5-14(10-12)20-17(22)8-9-21-18(23)15-7-6-13(2)11-16(15)19(21)24/h3-7,10-11H,8-9H2,1-2H3,(H,20,22). The highest BCUT2D eigenvalue weighted by molar-refractivity contribution is 6.21. The molecule has 0 saturated carbocycles. The highest BCUT2D eigenvalue weighted by Gasteiger charge is 2.35. The quantitative estimate of drug-likeness (QED) is 0.880. The summed E-state index contributed by atoms with van der Waals surface area (Å²) in [6, 6.07) is 12.6. The summed E-state index contributed by atoms with van der Waals surface area (Å²) in [5.74, 6) is -0.895. The van der Waals surface area contributed by atoms with Gasteiger partial charge in [-0.3, -0.25) is 19.3 Å². The first-order valence-electron chi connectivity index (χ1n) is 7.79. The maximum atomic E-state index is 12.3. The average Bonchev–Trinajstić information content (AvgIpc) is 2.76. The fourth-order valence-corrected chi connectivity index (χ4v) is 2.77. The Balaban J connectivity index is 1.64. The fourth-order valence-electron chi connectivity index (χ4n) is 2.77. The van der Waals surface area contributed by atoms with Crippen molar-refractivity contribution in [3.8, 4) is 0 Å². The highest BCUT2D eigenvalue weighted by Crippen LogP contribution is 2.24. The number of benzene rings is 2. The molecule has 0 fully saturated rings. The molecule has 0 radical (unpaired) electrons. The van der Waals surface area contributed by atoms with Crippen LogP contribution in [0.2, 0.25) is 0 Å². The zero-order valence-corrected chi connectivity index (χ0v) is 13.6. The van der Waals surface area contributed by atoms with E-state index in [1.165, 1.54) is 0 Å². The highest BCUT2D eigenvalue weighted by atomic mass is 16.2. The minimum absolute atomic E-state index is 0.0678. The van der Waals surface area contributed by atoms with Crippen molar-refractivity contribution in [2.24, 2.45) is 0 Å². The number of hydrogen-bond acceptors (Lipinski definition) is 3. The van der Waals surface area contributed by atoms with Crippen LogP contribution in [0.15, 0.2) is 42.5 Å². The van der Waals surface area contributed by atoms with Gasteiger partial charge < -0.3 is 5.32 Å². The number of rotatable bonds is 4. The molecule has 0 spiro atoms. The van der Waals surface area contributed by atoms with Gasteiger partial charge in [0, 0.05) is 18.7 Å². The number of nitrogens with one attached hydrogen (secondary N) is 1. The van der Waals surface area contributed by atoms with E-state index in [4.69, 9.17) is 0 Å². The van der Waals surface area contributed by atoms with E-state index in [1.54, 1.807) is 24.3 Å². The number of fused-ring (bicyclic) bond motifs is 1. The molecule has 0 saturated heterocycles. The summed E-state index contributed by atoms with van der Waals surface area (Å²) in [5, 5.41) is 2.78. The third-order valence-electron chi connectivity index (χ3n) is 3.99. The van der Waals surface area contributed by atoms with Gasteiger partial charge >= 0.3 is 0 Å². The molecule has 5 heteroatoms. The molecule has 2 aromatic carbocycles. The van der Waals surface area contributed by atoms with Gasteiger partial charge in [-0.05, 0) is 43.7 Å². The lowest BCUT2D eigenvalue weighted by Gasteiger charge is -2.13. The third kappa shape index (κ3) is 3.06. The second-order valence-electron chi connectivity index (χ2n) is 5.98. The Morgan fingerprint density at radius 2 is 1.67 bits per heavy atom. The molecule has 1 heterocycles. The second kappa shape index (κ2) is 6.28. The first-order chi connectivity index (χ1) is 11.5. The molecule has 24 heavy (non-hydrogen) atoms. The number of aryl methyl sites for hydroxylation is 2. The first-order valence-corrected chi connectivity index (χ1v) is 7.79. The summed E-state index contributed by atoms with van der Waals surface area (Å²) in [4.78, 5) is 37.9. The van der Waals surface area contributed by atoms with Gasteiger partial charge in [0.1, 0.15) is 0 Å². The van der Waals surface area contributed by atoms with Gasteiger partial charge in [0.15, 0.2) is 0 Å². The zero-order valence-electron chi connectivity index (χ0n) is 13.6. The van der Waals surface area contributed by atoms with Gasteiger partial charge in [-0.1, -0.05) is 23.8 Å². The maximum Gasteiger partial charge on any atom is 0.261 e. The predicted octanol–water partition coefficient (Wildman–Crippen LogP) is 2.93. The minimum Gasteiger partial charge on any atom is -0.326 e. The van der Waals surface area contributed by atoms with Crippen molar-refractivity contribution in [1.29, 1.82) is 0 Å². The molecule has 1 aliphatic rings. The average molecular weight is 322 g/mol. The van der Waals surface area contributed by atoms with E-state index < -0.39 is 0 Å². The van der Waals surface area contributed by atoms with E-state index in [9.17, 15) is 14.4 Å². The second-order valence-corrected chi connectivity index (χ2v) is 5.98. The van der Waals surface area contributed by atoms with Crippen LogP contribution in [0.3, 0.4) is 0 Å². The largest absolute Gasteiger partial charge is 0.326 e. The Bertz CT molecular complexity index is 842. The maximum absolute atomic E-state index is 12.3. The minimum atomic E-state index is -0.335. The lowest BCUT2D eigenvalue weighted by atomic mass is 10.1. The van der Waals surface area contributed by atoms with Crippen molar-refractivity contribution in [2.75, 3.05) is 11.9 Å². The van der Waals surface area contributed by atoms with Gasteiger partial charge in [0.2, 0.25) is 5.91 Å². The molecule has 122 valence electrons. The summed E-state index contributed by atoms with van der Waals surface area (Å²) >= 11 is 0. The Morgan fingerprint density at radius 3 is 2.42 bits per heavy atom. The van der Waals surface area contributed by atoms with Gasteiger partial charge in [-0.2, -0.15) is 0 Å². The summed E-state index contributed by atoms with van der Waals surface area (Å²) in [5.41, 5.74) is 3.50. The van der Waals surface area contributed by atoms with Gasteiger partial charge in [-0.15, -0.1) is 0 Å². The Hall–Kier alpha value is -2.95. The summed E-state index contributed by atoms with van der Waals surface area (Å²) < 4.78 is 0. The van der Waals surface area contributed by atoms with Crippen molar-refractivity contribution in [3.63, 3.8) is 0 Å². The van der Waals surface area contributed by atoms with E-state index in [1.807, 2.05) is 32.0 Å². The molecule has 0 bridgehead atoms. The Kier molecular flexibility index (Phi) is 4.16. The molecule has 2 aromatic rings. The van der Waals surface area contributed by atoms with Crippen molar-refractivity contribution >= 4 is 23.4 Å². The Labute approximate surface area is 140 Å². The first kappa shape index (κ1) is 15.9. The van der Waals surface area contributed by atoms with Crippen LogP contribution >= 0.6 is 0 Å². The van der Waals surface area contributed by atoms with E-state index in [0.717, 1.165) is 16.0 Å². The molecular formula is C19H18N2O3. The number of carbonyl (C=O) groups excluding carboxylic acids is 3. The monoisotopic (exact) mass is 322 g/mol. The number of amides is 3. The Morgan fingerprint density at radius 1 is 0.958 bits per heavy atom. The number of imide groups is 1. The van der Waals surface area contributed by atoms with Crippen LogP contribution in [-0.4, -0.2) is 29.2 Å². The zero-order chi connectivity index (χ0) is 17.3. The molecule has 0 atom stereocenters. The van der Waals surface area contributed by atoms with Crippen molar-refractivity contribution < 1.29 is 14.4 Å². The van der Waals surface area contributed by atoms with Crippen molar-refractivity contribution in [2.45, 2.75) is 20.3 Å².